The van der Waals surface area contributed by atoms with Crippen LogP contribution in [0.5, 0.6) is 0 Å². The van der Waals surface area contributed by atoms with Gasteiger partial charge in [-0.1, -0.05) is 6.07 Å². The van der Waals surface area contributed by atoms with E-state index in [0.29, 0.717) is 24.0 Å². The maximum Gasteiger partial charge on any atom is 0.283 e. The van der Waals surface area contributed by atoms with E-state index < -0.39 is 14.8 Å². The van der Waals surface area contributed by atoms with E-state index in [4.69, 9.17) is 0 Å². The Hall–Kier alpha value is -0.990. The Morgan fingerprint density at radius 3 is 2.80 bits per heavy atom. The monoisotopic (exact) mass is 362 g/mol. The number of hydrogen-bond acceptors (Lipinski definition) is 5. The first-order chi connectivity index (χ1) is 9.37. The van der Waals surface area contributed by atoms with Gasteiger partial charge < -0.3 is 5.32 Å². The van der Waals surface area contributed by atoms with Crippen molar-refractivity contribution in [2.24, 2.45) is 5.92 Å². The molecule has 0 bridgehead atoms. The summed E-state index contributed by atoms with van der Waals surface area (Å²) in [5, 5.41) is 14.0. The third-order valence-corrected chi connectivity index (χ3v) is 5.80. The number of nitrogens with one attached hydrogen (secondary N) is 1. The molecule has 0 radical (unpaired) electrons. The number of nitro benzene ring substituents is 1. The molecular formula is C12H15BrN2O4S. The lowest BCUT2D eigenvalue weighted by Crippen LogP contribution is -2.23. The van der Waals surface area contributed by atoms with Crippen LogP contribution in [0.4, 0.5) is 5.69 Å². The maximum atomic E-state index is 11.3. The highest BCUT2D eigenvalue weighted by atomic mass is 79.9. The zero-order valence-corrected chi connectivity index (χ0v) is 13.1. The third kappa shape index (κ3) is 4.00. The van der Waals surface area contributed by atoms with E-state index >= 15 is 0 Å². The van der Waals surface area contributed by atoms with Crippen LogP contribution in [0.2, 0.25) is 0 Å². The normalized spacial score (nSPS) is 20.9. The van der Waals surface area contributed by atoms with Gasteiger partial charge in [0.15, 0.2) is 9.84 Å². The molecule has 110 valence electrons. The standard InChI is InChI=1S/C12H15BrN2O4S/c13-11-2-1-9(5-12(11)15(16)17)6-14-7-10-3-4-20(18,19)8-10/h1-2,5,10,14H,3-4,6-8H2. The average molecular weight is 363 g/mol. The van der Waals surface area contributed by atoms with E-state index in [9.17, 15) is 18.5 Å². The quantitative estimate of drug-likeness (QED) is 0.637. The molecule has 1 aromatic carbocycles. The zero-order valence-electron chi connectivity index (χ0n) is 10.7. The number of hydrogen-bond donors (Lipinski definition) is 1. The number of rotatable bonds is 5. The summed E-state index contributed by atoms with van der Waals surface area (Å²) in [5.41, 5.74) is 0.841. The van der Waals surface area contributed by atoms with Gasteiger partial charge in [0.1, 0.15) is 0 Å². The van der Waals surface area contributed by atoms with Crippen LogP contribution < -0.4 is 5.32 Å². The van der Waals surface area contributed by atoms with Crippen molar-refractivity contribution < 1.29 is 13.3 Å². The highest BCUT2D eigenvalue weighted by Gasteiger charge is 2.27. The molecule has 1 N–H and O–H groups in total. The molecule has 2 rings (SSSR count). The molecule has 1 unspecified atom stereocenters. The van der Waals surface area contributed by atoms with E-state index in [1.54, 1.807) is 12.1 Å². The second-order valence-electron chi connectivity index (χ2n) is 4.94. The summed E-state index contributed by atoms with van der Waals surface area (Å²) in [4.78, 5) is 10.4. The van der Waals surface area contributed by atoms with E-state index in [-0.39, 0.29) is 23.1 Å². The summed E-state index contributed by atoms with van der Waals surface area (Å²) >= 11 is 3.14. The van der Waals surface area contributed by atoms with E-state index in [2.05, 4.69) is 21.2 Å². The highest BCUT2D eigenvalue weighted by molar-refractivity contribution is 9.10. The number of sulfone groups is 1. The van der Waals surface area contributed by atoms with Gasteiger partial charge in [0.25, 0.3) is 5.69 Å². The van der Waals surface area contributed by atoms with Crippen LogP contribution in [0.15, 0.2) is 22.7 Å². The van der Waals surface area contributed by atoms with Gasteiger partial charge in [0.05, 0.1) is 20.9 Å². The summed E-state index contributed by atoms with van der Waals surface area (Å²) in [6, 6.07) is 4.97. The average Bonchev–Trinajstić information content (AvgIpc) is 2.71. The Kier molecular flexibility index (Phi) is 4.77. The SMILES string of the molecule is O=[N+]([O-])c1cc(CNCC2CCS(=O)(=O)C2)ccc1Br. The van der Waals surface area contributed by atoms with Crippen LogP contribution in [0.3, 0.4) is 0 Å². The summed E-state index contributed by atoms with van der Waals surface area (Å²) < 4.78 is 23.1. The lowest BCUT2D eigenvalue weighted by Gasteiger charge is -2.09. The van der Waals surface area contributed by atoms with Gasteiger partial charge in [-0.15, -0.1) is 0 Å². The minimum atomic E-state index is -2.85. The lowest BCUT2D eigenvalue weighted by atomic mass is 10.1. The topological polar surface area (TPSA) is 89.3 Å². The molecule has 1 saturated heterocycles. The first-order valence-corrected chi connectivity index (χ1v) is 8.83. The summed E-state index contributed by atoms with van der Waals surface area (Å²) in [5.74, 6) is 0.647. The summed E-state index contributed by atoms with van der Waals surface area (Å²) in [6.07, 6.45) is 0.690. The van der Waals surface area contributed by atoms with Gasteiger partial charge in [0, 0.05) is 12.6 Å². The molecule has 0 aliphatic carbocycles. The number of nitrogens with zero attached hydrogens (tertiary/aromatic N) is 1. The largest absolute Gasteiger partial charge is 0.312 e. The highest BCUT2D eigenvalue weighted by Crippen LogP contribution is 2.25. The Labute approximate surface area is 125 Å². The smallest absolute Gasteiger partial charge is 0.283 e. The number of nitro groups is 1. The molecule has 0 amide bonds. The van der Waals surface area contributed by atoms with Crippen molar-refractivity contribution in [3.63, 3.8) is 0 Å². The Bertz CT molecular complexity index is 618. The molecular weight excluding hydrogens is 348 g/mol. The fourth-order valence-electron chi connectivity index (χ4n) is 2.26. The van der Waals surface area contributed by atoms with Crippen LogP contribution in [0, 0.1) is 16.0 Å². The van der Waals surface area contributed by atoms with Gasteiger partial charge in [-0.05, 0) is 46.4 Å². The second kappa shape index (κ2) is 6.19. The van der Waals surface area contributed by atoms with E-state index in [0.717, 1.165) is 5.56 Å². The molecule has 0 saturated carbocycles. The fraction of sp³-hybridized carbons (Fsp3) is 0.500. The summed E-state index contributed by atoms with van der Waals surface area (Å²) in [6.45, 7) is 1.10. The molecule has 20 heavy (non-hydrogen) atoms. The first kappa shape index (κ1) is 15.4. The first-order valence-electron chi connectivity index (χ1n) is 6.21. The van der Waals surface area contributed by atoms with Crippen molar-refractivity contribution in [3.05, 3.63) is 38.3 Å². The number of benzene rings is 1. The number of halogens is 1. The molecule has 1 aromatic rings. The minimum absolute atomic E-state index is 0.0349. The maximum absolute atomic E-state index is 11.3. The van der Waals surface area contributed by atoms with Crippen LogP contribution in [0.25, 0.3) is 0 Å². The molecule has 0 spiro atoms. The van der Waals surface area contributed by atoms with Crippen molar-refractivity contribution in [2.75, 3.05) is 18.1 Å². The van der Waals surface area contributed by atoms with Gasteiger partial charge in [0.2, 0.25) is 0 Å². The molecule has 1 aliphatic heterocycles. The predicted octanol–water partition coefficient (Wildman–Crippen LogP) is 1.88. The second-order valence-corrected chi connectivity index (χ2v) is 8.03. The molecule has 8 heteroatoms. The predicted molar refractivity (Wildman–Crippen MR) is 79.3 cm³/mol. The Balaban J connectivity index is 1.89. The Morgan fingerprint density at radius 1 is 1.45 bits per heavy atom. The van der Waals surface area contributed by atoms with Crippen LogP contribution >= 0.6 is 15.9 Å². The molecule has 1 heterocycles. The van der Waals surface area contributed by atoms with Gasteiger partial charge in [-0.3, -0.25) is 10.1 Å². The lowest BCUT2D eigenvalue weighted by molar-refractivity contribution is -0.385. The van der Waals surface area contributed by atoms with Crippen molar-refractivity contribution in [1.82, 2.24) is 5.32 Å². The minimum Gasteiger partial charge on any atom is -0.312 e. The van der Waals surface area contributed by atoms with Crippen molar-refractivity contribution in [3.8, 4) is 0 Å². The molecule has 0 aromatic heterocycles. The molecule has 1 fully saturated rings. The van der Waals surface area contributed by atoms with Gasteiger partial charge in [-0.2, -0.15) is 0 Å². The molecule has 1 aliphatic rings. The van der Waals surface area contributed by atoms with Crippen molar-refractivity contribution in [2.45, 2.75) is 13.0 Å². The van der Waals surface area contributed by atoms with Crippen molar-refractivity contribution >= 4 is 31.5 Å². The van der Waals surface area contributed by atoms with Gasteiger partial charge >= 0.3 is 0 Å². The van der Waals surface area contributed by atoms with E-state index in [1.165, 1.54) is 6.07 Å². The van der Waals surface area contributed by atoms with Crippen molar-refractivity contribution in [1.29, 1.82) is 0 Å². The molecule has 6 nitrogen and oxygen atoms in total. The Morgan fingerprint density at radius 2 is 2.20 bits per heavy atom. The van der Waals surface area contributed by atoms with Crippen LogP contribution in [-0.4, -0.2) is 31.4 Å². The molecule has 1 atom stereocenters. The third-order valence-electron chi connectivity index (χ3n) is 3.30. The van der Waals surface area contributed by atoms with Crippen LogP contribution in [-0.2, 0) is 16.4 Å². The zero-order chi connectivity index (χ0) is 14.8. The van der Waals surface area contributed by atoms with Crippen LogP contribution in [0.1, 0.15) is 12.0 Å². The summed E-state index contributed by atoms with van der Waals surface area (Å²) in [7, 11) is -2.85. The fourth-order valence-corrected chi connectivity index (χ4v) is 4.52. The van der Waals surface area contributed by atoms with Gasteiger partial charge in [-0.25, -0.2) is 8.42 Å². The van der Waals surface area contributed by atoms with E-state index in [1.807, 2.05) is 0 Å².